The van der Waals surface area contributed by atoms with Crippen LogP contribution in [0.4, 0.5) is 0 Å². The van der Waals surface area contributed by atoms with Gasteiger partial charge in [-0.15, -0.1) is 11.8 Å². The van der Waals surface area contributed by atoms with Crippen LogP contribution in [-0.4, -0.2) is 26.2 Å². The summed E-state index contributed by atoms with van der Waals surface area (Å²) >= 11 is 1.43. The molecule has 0 heterocycles. The van der Waals surface area contributed by atoms with Gasteiger partial charge in [0.05, 0.1) is 10.6 Å². The summed E-state index contributed by atoms with van der Waals surface area (Å²) in [6, 6.07) is 6.60. The predicted molar refractivity (Wildman–Crippen MR) is 74.7 cm³/mol. The Morgan fingerprint density at radius 3 is 2.06 bits per heavy atom. The van der Waals surface area contributed by atoms with Crippen LogP contribution in [0.5, 0.6) is 0 Å². The molecule has 18 heavy (non-hydrogen) atoms. The summed E-state index contributed by atoms with van der Waals surface area (Å²) in [5.41, 5.74) is -0.334. The van der Waals surface area contributed by atoms with Crippen LogP contribution < -0.4 is 0 Å². The first kappa shape index (κ1) is 15.2. The van der Waals surface area contributed by atoms with E-state index < -0.39 is 9.84 Å². The normalized spacial score (nSPS) is 12.4. The van der Waals surface area contributed by atoms with Crippen molar-refractivity contribution in [2.45, 2.75) is 30.6 Å². The highest BCUT2D eigenvalue weighted by molar-refractivity contribution is 8.00. The third-order valence-electron chi connectivity index (χ3n) is 2.46. The largest absolute Gasteiger partial charge is 0.298 e. The van der Waals surface area contributed by atoms with Gasteiger partial charge in [0.25, 0.3) is 0 Å². The minimum atomic E-state index is -3.15. The van der Waals surface area contributed by atoms with E-state index in [-0.39, 0.29) is 11.2 Å². The fourth-order valence-corrected chi connectivity index (χ4v) is 2.84. The molecule has 100 valence electrons. The molecule has 5 heteroatoms. The molecule has 1 rings (SSSR count). The minimum absolute atomic E-state index is 0.180. The Balaban J connectivity index is 2.69. The average molecular weight is 286 g/mol. The number of benzene rings is 1. The SMILES string of the molecule is CC(C)(C)C(=O)CSc1ccc(S(C)(=O)=O)cc1. The van der Waals surface area contributed by atoms with Gasteiger partial charge in [0, 0.05) is 16.6 Å². The van der Waals surface area contributed by atoms with Crippen molar-refractivity contribution in [1.29, 1.82) is 0 Å². The zero-order valence-electron chi connectivity index (χ0n) is 11.1. The quantitative estimate of drug-likeness (QED) is 0.799. The second-order valence-corrected chi connectivity index (χ2v) is 8.27. The maximum Gasteiger partial charge on any atom is 0.175 e. The molecule has 1 aromatic carbocycles. The van der Waals surface area contributed by atoms with Crippen molar-refractivity contribution in [3.8, 4) is 0 Å². The highest BCUT2D eigenvalue weighted by atomic mass is 32.2. The number of hydrogen-bond donors (Lipinski definition) is 0. The average Bonchev–Trinajstić information content (AvgIpc) is 2.24. The van der Waals surface area contributed by atoms with Crippen LogP contribution in [0.25, 0.3) is 0 Å². The van der Waals surface area contributed by atoms with Crippen LogP contribution in [0.3, 0.4) is 0 Å². The highest BCUT2D eigenvalue weighted by Crippen LogP contribution is 2.24. The van der Waals surface area contributed by atoms with E-state index in [4.69, 9.17) is 0 Å². The van der Waals surface area contributed by atoms with Crippen molar-refractivity contribution in [2.24, 2.45) is 5.41 Å². The zero-order chi connectivity index (χ0) is 14.0. The van der Waals surface area contributed by atoms with Crippen molar-refractivity contribution in [2.75, 3.05) is 12.0 Å². The van der Waals surface area contributed by atoms with Gasteiger partial charge in [0.15, 0.2) is 9.84 Å². The Hall–Kier alpha value is -0.810. The lowest BCUT2D eigenvalue weighted by molar-refractivity contribution is -0.123. The minimum Gasteiger partial charge on any atom is -0.298 e. The first-order valence-corrected chi connectivity index (χ1v) is 8.44. The Morgan fingerprint density at radius 2 is 1.67 bits per heavy atom. The molecule has 0 saturated carbocycles. The highest BCUT2D eigenvalue weighted by Gasteiger charge is 2.20. The maximum absolute atomic E-state index is 11.7. The fourth-order valence-electron chi connectivity index (χ4n) is 1.15. The van der Waals surface area contributed by atoms with Crippen molar-refractivity contribution < 1.29 is 13.2 Å². The summed E-state index contributed by atoms with van der Waals surface area (Å²) in [6.45, 7) is 5.67. The van der Waals surface area contributed by atoms with Gasteiger partial charge >= 0.3 is 0 Å². The molecule has 0 bridgehead atoms. The lowest BCUT2D eigenvalue weighted by atomic mass is 9.92. The Bertz CT molecular complexity index is 522. The van der Waals surface area contributed by atoms with Gasteiger partial charge in [0.2, 0.25) is 0 Å². The smallest absolute Gasteiger partial charge is 0.175 e. The number of rotatable bonds is 4. The first-order chi connectivity index (χ1) is 8.10. The monoisotopic (exact) mass is 286 g/mol. The van der Waals surface area contributed by atoms with E-state index in [9.17, 15) is 13.2 Å². The molecule has 0 fully saturated rings. The molecule has 0 aliphatic rings. The maximum atomic E-state index is 11.7. The standard InChI is InChI=1S/C13H18O3S2/c1-13(2,3)12(14)9-17-10-5-7-11(8-6-10)18(4,15)16/h5-8H,9H2,1-4H3. The van der Waals surface area contributed by atoms with Gasteiger partial charge in [-0.1, -0.05) is 20.8 Å². The second kappa shape index (κ2) is 5.45. The van der Waals surface area contributed by atoms with E-state index in [1.165, 1.54) is 18.0 Å². The van der Waals surface area contributed by atoms with Crippen molar-refractivity contribution in [3.05, 3.63) is 24.3 Å². The zero-order valence-corrected chi connectivity index (χ0v) is 12.7. The van der Waals surface area contributed by atoms with Gasteiger partial charge < -0.3 is 0 Å². The Kier molecular flexibility index (Phi) is 4.61. The van der Waals surface area contributed by atoms with E-state index in [2.05, 4.69) is 0 Å². The van der Waals surface area contributed by atoms with E-state index in [0.29, 0.717) is 10.6 Å². The number of carbonyl (C=O) groups is 1. The number of Topliss-reactive ketones (excluding diaryl/α,β-unsaturated/α-hetero) is 1. The molecule has 0 amide bonds. The molecule has 0 aliphatic heterocycles. The number of thioether (sulfide) groups is 1. The molecule has 0 aromatic heterocycles. The number of ketones is 1. The number of carbonyl (C=O) groups excluding carboxylic acids is 1. The Morgan fingerprint density at radius 1 is 1.17 bits per heavy atom. The van der Waals surface area contributed by atoms with Crippen LogP contribution in [0.1, 0.15) is 20.8 Å². The lowest BCUT2D eigenvalue weighted by Gasteiger charge is -2.15. The van der Waals surface area contributed by atoms with Gasteiger partial charge in [-0.25, -0.2) is 8.42 Å². The third kappa shape index (κ3) is 4.46. The summed E-state index contributed by atoms with van der Waals surface area (Å²) in [4.78, 5) is 13.0. The molecule has 1 aromatic rings. The summed E-state index contributed by atoms with van der Waals surface area (Å²) < 4.78 is 22.6. The van der Waals surface area contributed by atoms with Crippen LogP contribution in [0, 0.1) is 5.41 Å². The summed E-state index contributed by atoms with van der Waals surface area (Å²) in [7, 11) is -3.15. The van der Waals surface area contributed by atoms with E-state index in [1.807, 2.05) is 20.8 Å². The van der Waals surface area contributed by atoms with Crippen molar-refractivity contribution in [1.82, 2.24) is 0 Å². The van der Waals surface area contributed by atoms with E-state index in [0.717, 1.165) is 4.90 Å². The van der Waals surface area contributed by atoms with Crippen LogP contribution >= 0.6 is 11.8 Å². The Labute approximate surface area is 113 Å². The number of hydrogen-bond acceptors (Lipinski definition) is 4. The van der Waals surface area contributed by atoms with Gasteiger partial charge in [-0.05, 0) is 24.3 Å². The molecule has 0 aliphatic carbocycles. The molecule has 0 atom stereocenters. The van der Waals surface area contributed by atoms with Gasteiger partial charge in [-0.3, -0.25) is 4.79 Å². The molecule has 0 saturated heterocycles. The molecule has 0 radical (unpaired) electrons. The van der Waals surface area contributed by atoms with E-state index in [1.54, 1.807) is 24.3 Å². The van der Waals surface area contributed by atoms with Crippen LogP contribution in [0.15, 0.2) is 34.1 Å². The molecule has 3 nitrogen and oxygen atoms in total. The third-order valence-corrected chi connectivity index (χ3v) is 4.60. The molecule has 0 unspecified atom stereocenters. The predicted octanol–water partition coefficient (Wildman–Crippen LogP) is 2.80. The van der Waals surface area contributed by atoms with Gasteiger partial charge in [-0.2, -0.15) is 0 Å². The topological polar surface area (TPSA) is 51.2 Å². The summed E-state index contributed by atoms with van der Waals surface area (Å²) in [5.74, 6) is 0.585. The van der Waals surface area contributed by atoms with Crippen LogP contribution in [0.2, 0.25) is 0 Å². The van der Waals surface area contributed by atoms with E-state index >= 15 is 0 Å². The van der Waals surface area contributed by atoms with Gasteiger partial charge in [0.1, 0.15) is 5.78 Å². The van der Waals surface area contributed by atoms with Crippen molar-refractivity contribution in [3.63, 3.8) is 0 Å². The fraction of sp³-hybridized carbons (Fsp3) is 0.462. The summed E-state index contributed by atoms with van der Waals surface area (Å²) in [5, 5.41) is 0. The lowest BCUT2D eigenvalue weighted by Crippen LogP contribution is -2.21. The number of sulfone groups is 1. The molecule has 0 spiro atoms. The molecular weight excluding hydrogens is 268 g/mol. The van der Waals surface area contributed by atoms with Crippen molar-refractivity contribution >= 4 is 27.4 Å². The molecule has 0 N–H and O–H groups in total. The first-order valence-electron chi connectivity index (χ1n) is 5.57. The van der Waals surface area contributed by atoms with Crippen LogP contribution in [-0.2, 0) is 14.6 Å². The molecular formula is C13H18O3S2. The second-order valence-electron chi connectivity index (χ2n) is 5.21. The summed E-state index contributed by atoms with van der Waals surface area (Å²) in [6.07, 6.45) is 1.18.